The molecule has 0 saturated carbocycles. The molecule has 0 aliphatic carbocycles. The molecule has 7 nitrogen and oxygen atoms in total. The fraction of sp³-hybridized carbons (Fsp3) is 0.348. The van der Waals surface area contributed by atoms with Crippen molar-refractivity contribution in [3.05, 3.63) is 54.9 Å². The van der Waals surface area contributed by atoms with Gasteiger partial charge in [0.25, 0.3) is 0 Å². The zero-order valence-corrected chi connectivity index (χ0v) is 17.5. The van der Waals surface area contributed by atoms with Crippen molar-refractivity contribution in [3.63, 3.8) is 0 Å². The van der Waals surface area contributed by atoms with E-state index in [0.717, 1.165) is 55.5 Å². The van der Waals surface area contributed by atoms with E-state index < -0.39 is 0 Å². The molecule has 0 unspecified atom stereocenters. The molecule has 156 valence electrons. The molecule has 4 rings (SSSR count). The average Bonchev–Trinajstić information content (AvgIpc) is 2.80. The molecule has 1 aromatic carbocycles. The molecular weight excluding hydrogens is 376 g/mol. The van der Waals surface area contributed by atoms with Gasteiger partial charge in [-0.1, -0.05) is 6.92 Å². The van der Waals surface area contributed by atoms with Crippen molar-refractivity contribution in [3.8, 4) is 11.3 Å². The molecule has 3 aromatic rings. The van der Waals surface area contributed by atoms with E-state index in [1.807, 2.05) is 24.4 Å². The van der Waals surface area contributed by atoms with Crippen molar-refractivity contribution in [1.29, 1.82) is 0 Å². The van der Waals surface area contributed by atoms with Crippen LogP contribution in [0.15, 0.2) is 54.9 Å². The first kappa shape index (κ1) is 20.1. The monoisotopic (exact) mass is 404 g/mol. The van der Waals surface area contributed by atoms with Crippen molar-refractivity contribution in [1.82, 2.24) is 15.0 Å². The van der Waals surface area contributed by atoms with Crippen molar-refractivity contribution in [2.45, 2.75) is 26.3 Å². The van der Waals surface area contributed by atoms with E-state index in [1.165, 1.54) is 5.69 Å². The van der Waals surface area contributed by atoms with Crippen LogP contribution in [0.5, 0.6) is 0 Å². The van der Waals surface area contributed by atoms with E-state index in [9.17, 15) is 0 Å². The molecule has 0 bridgehead atoms. The number of pyridine rings is 1. The van der Waals surface area contributed by atoms with E-state index in [4.69, 9.17) is 4.74 Å². The average molecular weight is 405 g/mol. The Morgan fingerprint density at radius 3 is 2.60 bits per heavy atom. The molecule has 3 heterocycles. The van der Waals surface area contributed by atoms with Gasteiger partial charge < -0.3 is 20.3 Å². The molecule has 1 atom stereocenters. The molecule has 7 heteroatoms. The van der Waals surface area contributed by atoms with Crippen LogP contribution in [0, 0.1) is 0 Å². The maximum atomic E-state index is 5.44. The van der Waals surface area contributed by atoms with Gasteiger partial charge in [-0.05, 0) is 49.7 Å². The van der Waals surface area contributed by atoms with E-state index in [2.05, 4.69) is 68.6 Å². The molecule has 2 N–H and O–H groups in total. The Morgan fingerprint density at radius 2 is 1.90 bits per heavy atom. The first-order valence-corrected chi connectivity index (χ1v) is 10.5. The van der Waals surface area contributed by atoms with Gasteiger partial charge in [-0.25, -0.2) is 4.98 Å². The topological polar surface area (TPSA) is 75.2 Å². The number of ether oxygens (including phenoxy) is 1. The van der Waals surface area contributed by atoms with Gasteiger partial charge in [-0.3, -0.25) is 4.98 Å². The largest absolute Gasteiger partial charge is 0.378 e. The standard InChI is InChI=1S/C23H28N6O/c1-3-17(2)25-23-27-21(18-5-4-10-24-16-18)15-22(28-23)26-19-6-8-20(9-7-19)29-11-13-30-14-12-29/h4-10,15-17H,3,11-14H2,1-2H3,(H2,25,26,27,28)/t17-/m0/s1. The summed E-state index contributed by atoms with van der Waals surface area (Å²) in [5.74, 6) is 1.35. The fourth-order valence-electron chi connectivity index (χ4n) is 3.29. The maximum Gasteiger partial charge on any atom is 0.225 e. The summed E-state index contributed by atoms with van der Waals surface area (Å²) in [4.78, 5) is 15.9. The van der Waals surface area contributed by atoms with E-state index in [0.29, 0.717) is 5.95 Å². The minimum absolute atomic E-state index is 0.287. The summed E-state index contributed by atoms with van der Waals surface area (Å²) in [5.41, 5.74) is 3.98. The third-order valence-corrected chi connectivity index (χ3v) is 5.19. The minimum atomic E-state index is 0.287. The number of hydrogen-bond acceptors (Lipinski definition) is 7. The van der Waals surface area contributed by atoms with Crippen LogP contribution in [0.25, 0.3) is 11.3 Å². The molecule has 2 aromatic heterocycles. The summed E-state index contributed by atoms with van der Waals surface area (Å²) in [6.07, 6.45) is 4.57. The van der Waals surface area contributed by atoms with Gasteiger partial charge in [0.2, 0.25) is 5.95 Å². The molecule has 0 spiro atoms. The highest BCUT2D eigenvalue weighted by molar-refractivity contribution is 5.68. The smallest absolute Gasteiger partial charge is 0.225 e. The minimum Gasteiger partial charge on any atom is -0.378 e. The van der Waals surface area contributed by atoms with Gasteiger partial charge in [0.15, 0.2) is 0 Å². The van der Waals surface area contributed by atoms with Crippen LogP contribution >= 0.6 is 0 Å². The maximum absolute atomic E-state index is 5.44. The molecule has 0 radical (unpaired) electrons. The number of nitrogens with one attached hydrogen (secondary N) is 2. The van der Waals surface area contributed by atoms with Gasteiger partial charge >= 0.3 is 0 Å². The lowest BCUT2D eigenvalue weighted by molar-refractivity contribution is 0.122. The summed E-state index contributed by atoms with van der Waals surface area (Å²) in [6, 6.07) is 14.6. The molecule has 0 amide bonds. The normalized spacial score (nSPS) is 14.9. The van der Waals surface area contributed by atoms with Crippen LogP contribution in [0.3, 0.4) is 0 Å². The first-order chi connectivity index (χ1) is 14.7. The number of nitrogens with zero attached hydrogens (tertiary/aromatic N) is 4. The van der Waals surface area contributed by atoms with E-state index in [1.54, 1.807) is 6.20 Å². The molecule has 1 fully saturated rings. The van der Waals surface area contributed by atoms with Crippen molar-refractivity contribution in [2.24, 2.45) is 0 Å². The van der Waals surface area contributed by atoms with Crippen LogP contribution in [-0.2, 0) is 4.74 Å². The molecule has 1 saturated heterocycles. The number of benzene rings is 1. The zero-order valence-electron chi connectivity index (χ0n) is 17.5. The van der Waals surface area contributed by atoms with Gasteiger partial charge in [0.05, 0.1) is 18.9 Å². The third kappa shape index (κ3) is 5.04. The fourth-order valence-corrected chi connectivity index (χ4v) is 3.29. The molecule has 1 aliphatic heterocycles. The van der Waals surface area contributed by atoms with Gasteiger partial charge in [0, 0.05) is 54.5 Å². The van der Waals surface area contributed by atoms with E-state index in [-0.39, 0.29) is 6.04 Å². The Hall–Kier alpha value is -3.19. The van der Waals surface area contributed by atoms with Gasteiger partial charge in [0.1, 0.15) is 5.82 Å². The highest BCUT2D eigenvalue weighted by atomic mass is 16.5. The van der Waals surface area contributed by atoms with Crippen LogP contribution in [0.4, 0.5) is 23.1 Å². The predicted molar refractivity (Wildman–Crippen MR) is 121 cm³/mol. The number of anilines is 4. The predicted octanol–water partition coefficient (Wildman–Crippen LogP) is 4.33. The Morgan fingerprint density at radius 1 is 1.10 bits per heavy atom. The second-order valence-electron chi connectivity index (χ2n) is 7.43. The van der Waals surface area contributed by atoms with Gasteiger partial charge in [-0.2, -0.15) is 4.98 Å². The lowest BCUT2D eigenvalue weighted by Crippen LogP contribution is -2.36. The van der Waals surface area contributed by atoms with Crippen LogP contribution < -0.4 is 15.5 Å². The lowest BCUT2D eigenvalue weighted by Gasteiger charge is -2.28. The summed E-state index contributed by atoms with van der Waals surface area (Å²) in [6.45, 7) is 7.68. The summed E-state index contributed by atoms with van der Waals surface area (Å²) < 4.78 is 5.44. The summed E-state index contributed by atoms with van der Waals surface area (Å²) in [7, 11) is 0. The Kier molecular flexibility index (Phi) is 6.39. The first-order valence-electron chi connectivity index (χ1n) is 10.5. The Balaban J connectivity index is 1.57. The zero-order chi connectivity index (χ0) is 20.8. The molecular formula is C23H28N6O. The van der Waals surface area contributed by atoms with Crippen LogP contribution in [0.2, 0.25) is 0 Å². The SMILES string of the molecule is CC[C@H](C)Nc1nc(Nc2ccc(N3CCOCC3)cc2)cc(-c2cccnc2)n1. The Labute approximate surface area is 177 Å². The number of hydrogen-bond donors (Lipinski definition) is 2. The van der Waals surface area contributed by atoms with Crippen molar-refractivity contribution >= 4 is 23.1 Å². The van der Waals surface area contributed by atoms with Crippen LogP contribution in [-0.4, -0.2) is 47.3 Å². The quantitative estimate of drug-likeness (QED) is 0.607. The van der Waals surface area contributed by atoms with Crippen LogP contribution in [0.1, 0.15) is 20.3 Å². The van der Waals surface area contributed by atoms with E-state index >= 15 is 0 Å². The number of rotatable bonds is 7. The summed E-state index contributed by atoms with van der Waals surface area (Å²) in [5, 5.41) is 6.80. The Bertz CT molecular complexity index is 942. The molecule has 30 heavy (non-hydrogen) atoms. The lowest BCUT2D eigenvalue weighted by atomic mass is 10.2. The second kappa shape index (κ2) is 9.54. The van der Waals surface area contributed by atoms with Crippen molar-refractivity contribution < 1.29 is 4.74 Å². The summed E-state index contributed by atoms with van der Waals surface area (Å²) >= 11 is 0. The second-order valence-corrected chi connectivity index (χ2v) is 7.43. The third-order valence-electron chi connectivity index (χ3n) is 5.19. The highest BCUT2D eigenvalue weighted by Gasteiger charge is 2.12. The number of morpholine rings is 1. The van der Waals surface area contributed by atoms with Crippen molar-refractivity contribution in [2.75, 3.05) is 41.8 Å². The number of aromatic nitrogens is 3. The van der Waals surface area contributed by atoms with Gasteiger partial charge in [-0.15, -0.1) is 0 Å². The molecule has 1 aliphatic rings. The highest BCUT2D eigenvalue weighted by Crippen LogP contribution is 2.25.